The van der Waals surface area contributed by atoms with Gasteiger partial charge in [0.05, 0.1) is 5.60 Å². The fourth-order valence-electron chi connectivity index (χ4n) is 4.71. The van der Waals surface area contributed by atoms with E-state index < -0.39 is 5.60 Å². The molecule has 4 bridgehead atoms. The first-order valence-corrected chi connectivity index (χ1v) is 6.37. The Balaban J connectivity index is 2.14. The predicted octanol–water partition coefficient (Wildman–Crippen LogP) is 3.14. The molecule has 0 aliphatic heterocycles. The standard InChI is InChI=1S/C14H22O/c1-9-7-12-10-5-4-6-14(12,15)13(2,3)11(9)8-10/h7,10-12,15H,4-6,8H2,1-3H3. The summed E-state index contributed by atoms with van der Waals surface area (Å²) in [6, 6.07) is 0. The third-order valence-electron chi connectivity index (χ3n) is 5.71. The van der Waals surface area contributed by atoms with Crippen molar-refractivity contribution in [2.75, 3.05) is 0 Å². The molecule has 1 heteroatoms. The highest BCUT2D eigenvalue weighted by atomic mass is 16.3. The minimum absolute atomic E-state index is 0.0907. The maximum absolute atomic E-state index is 11.0. The maximum Gasteiger partial charge on any atom is 0.0769 e. The maximum atomic E-state index is 11.0. The molecule has 4 atom stereocenters. The van der Waals surface area contributed by atoms with Crippen molar-refractivity contribution in [3.63, 3.8) is 0 Å². The van der Waals surface area contributed by atoms with E-state index in [2.05, 4.69) is 26.8 Å². The summed E-state index contributed by atoms with van der Waals surface area (Å²) < 4.78 is 0. The van der Waals surface area contributed by atoms with E-state index in [1.165, 1.54) is 24.8 Å². The van der Waals surface area contributed by atoms with E-state index in [1.54, 1.807) is 0 Å². The molecule has 2 fully saturated rings. The number of aliphatic hydroxyl groups is 1. The first kappa shape index (κ1) is 9.89. The second-order valence-electron chi connectivity index (χ2n) is 6.52. The van der Waals surface area contributed by atoms with Gasteiger partial charge in [-0.2, -0.15) is 0 Å². The summed E-state index contributed by atoms with van der Waals surface area (Å²) in [6.45, 7) is 6.82. The Kier molecular flexibility index (Phi) is 1.77. The molecule has 1 N–H and O–H groups in total. The summed E-state index contributed by atoms with van der Waals surface area (Å²) in [4.78, 5) is 0. The molecule has 0 radical (unpaired) electrons. The average Bonchev–Trinajstić information content (AvgIpc) is 2.16. The molecule has 15 heavy (non-hydrogen) atoms. The zero-order valence-corrected chi connectivity index (χ0v) is 10.1. The van der Waals surface area contributed by atoms with E-state index in [0.717, 1.165) is 12.3 Å². The van der Waals surface area contributed by atoms with E-state index in [4.69, 9.17) is 0 Å². The van der Waals surface area contributed by atoms with Crippen molar-refractivity contribution >= 4 is 0 Å². The van der Waals surface area contributed by atoms with Crippen LogP contribution in [0.3, 0.4) is 0 Å². The van der Waals surface area contributed by atoms with Crippen LogP contribution < -0.4 is 0 Å². The van der Waals surface area contributed by atoms with Gasteiger partial charge >= 0.3 is 0 Å². The Morgan fingerprint density at radius 1 is 1.40 bits per heavy atom. The molecule has 4 aliphatic rings. The van der Waals surface area contributed by atoms with Crippen LogP contribution in [-0.2, 0) is 0 Å². The van der Waals surface area contributed by atoms with Crippen molar-refractivity contribution in [3.8, 4) is 0 Å². The van der Waals surface area contributed by atoms with Gasteiger partial charge in [0, 0.05) is 11.3 Å². The summed E-state index contributed by atoms with van der Waals surface area (Å²) >= 11 is 0. The van der Waals surface area contributed by atoms with Gasteiger partial charge in [0.1, 0.15) is 0 Å². The minimum Gasteiger partial charge on any atom is -0.389 e. The van der Waals surface area contributed by atoms with Crippen LogP contribution in [0, 0.1) is 23.2 Å². The molecular weight excluding hydrogens is 184 g/mol. The fraction of sp³-hybridized carbons (Fsp3) is 0.857. The van der Waals surface area contributed by atoms with Crippen LogP contribution in [0.25, 0.3) is 0 Å². The summed E-state index contributed by atoms with van der Waals surface area (Å²) in [7, 11) is 0. The van der Waals surface area contributed by atoms with Crippen LogP contribution in [0.4, 0.5) is 0 Å². The van der Waals surface area contributed by atoms with Gasteiger partial charge in [0.25, 0.3) is 0 Å². The summed E-state index contributed by atoms with van der Waals surface area (Å²) in [5.41, 5.74) is 1.22. The normalized spacial score (nSPS) is 51.5. The highest BCUT2D eigenvalue weighted by Crippen LogP contribution is 2.63. The molecule has 4 aliphatic carbocycles. The van der Waals surface area contributed by atoms with Crippen LogP contribution in [-0.4, -0.2) is 10.7 Å². The lowest BCUT2D eigenvalue weighted by atomic mass is 9.44. The molecule has 4 unspecified atom stereocenters. The van der Waals surface area contributed by atoms with E-state index in [9.17, 15) is 5.11 Å². The van der Waals surface area contributed by atoms with Crippen molar-refractivity contribution < 1.29 is 5.11 Å². The largest absolute Gasteiger partial charge is 0.389 e. The second kappa shape index (κ2) is 2.68. The quantitative estimate of drug-likeness (QED) is 0.604. The van der Waals surface area contributed by atoms with Crippen LogP contribution in [0.2, 0.25) is 0 Å². The zero-order chi connectivity index (χ0) is 10.8. The molecule has 84 valence electrons. The lowest BCUT2D eigenvalue weighted by molar-refractivity contribution is -0.194. The van der Waals surface area contributed by atoms with Crippen molar-refractivity contribution in [2.45, 2.75) is 52.1 Å². The van der Waals surface area contributed by atoms with Gasteiger partial charge in [-0.15, -0.1) is 0 Å². The molecule has 0 heterocycles. The van der Waals surface area contributed by atoms with E-state index in [1.807, 2.05) is 0 Å². The highest BCUT2D eigenvalue weighted by Gasteiger charge is 2.62. The van der Waals surface area contributed by atoms with Crippen molar-refractivity contribution in [1.82, 2.24) is 0 Å². The van der Waals surface area contributed by atoms with Gasteiger partial charge in [-0.05, 0) is 38.0 Å². The lowest BCUT2D eigenvalue weighted by Crippen LogP contribution is -2.64. The zero-order valence-electron chi connectivity index (χ0n) is 10.1. The van der Waals surface area contributed by atoms with Crippen LogP contribution in [0.1, 0.15) is 46.5 Å². The van der Waals surface area contributed by atoms with E-state index in [0.29, 0.717) is 11.8 Å². The molecule has 1 nitrogen and oxygen atoms in total. The van der Waals surface area contributed by atoms with E-state index in [-0.39, 0.29) is 5.41 Å². The Morgan fingerprint density at radius 3 is 2.87 bits per heavy atom. The first-order chi connectivity index (χ1) is 6.97. The molecule has 0 aromatic carbocycles. The van der Waals surface area contributed by atoms with Gasteiger partial charge in [0.15, 0.2) is 0 Å². The average molecular weight is 206 g/mol. The molecular formula is C14H22O. The summed E-state index contributed by atoms with van der Waals surface area (Å²) in [5.74, 6) is 1.84. The molecule has 2 saturated carbocycles. The van der Waals surface area contributed by atoms with E-state index >= 15 is 0 Å². The number of hydrogen-bond acceptors (Lipinski definition) is 1. The Hall–Kier alpha value is -0.300. The third kappa shape index (κ3) is 0.982. The monoisotopic (exact) mass is 206 g/mol. The van der Waals surface area contributed by atoms with Gasteiger partial charge in [-0.25, -0.2) is 0 Å². The van der Waals surface area contributed by atoms with Gasteiger partial charge in [-0.1, -0.05) is 31.9 Å². The molecule has 0 aromatic rings. The number of rotatable bonds is 0. The van der Waals surface area contributed by atoms with Crippen molar-refractivity contribution in [3.05, 3.63) is 11.6 Å². The van der Waals surface area contributed by atoms with Crippen molar-refractivity contribution in [1.29, 1.82) is 0 Å². The van der Waals surface area contributed by atoms with Crippen molar-refractivity contribution in [2.24, 2.45) is 23.2 Å². The topological polar surface area (TPSA) is 20.2 Å². The molecule has 0 aromatic heterocycles. The second-order valence-corrected chi connectivity index (χ2v) is 6.52. The Bertz CT molecular complexity index is 328. The minimum atomic E-state index is -0.404. The number of allylic oxidation sites excluding steroid dienone is 1. The first-order valence-electron chi connectivity index (χ1n) is 6.37. The number of hydrogen-bond donors (Lipinski definition) is 1. The van der Waals surface area contributed by atoms with Gasteiger partial charge in [0.2, 0.25) is 0 Å². The highest BCUT2D eigenvalue weighted by molar-refractivity contribution is 5.28. The molecule has 0 spiro atoms. The molecule has 4 rings (SSSR count). The summed E-state index contributed by atoms with van der Waals surface area (Å²) in [6.07, 6.45) is 7.29. The van der Waals surface area contributed by atoms with Gasteiger partial charge in [-0.3, -0.25) is 0 Å². The third-order valence-corrected chi connectivity index (χ3v) is 5.71. The Labute approximate surface area is 92.6 Å². The smallest absolute Gasteiger partial charge is 0.0769 e. The van der Waals surface area contributed by atoms with Crippen LogP contribution in [0.15, 0.2) is 11.6 Å². The predicted molar refractivity (Wildman–Crippen MR) is 61.4 cm³/mol. The van der Waals surface area contributed by atoms with Gasteiger partial charge < -0.3 is 5.11 Å². The summed E-state index contributed by atoms with van der Waals surface area (Å²) in [5, 5.41) is 11.0. The molecule has 0 amide bonds. The fourth-order valence-corrected chi connectivity index (χ4v) is 4.71. The molecule has 0 saturated heterocycles. The van der Waals surface area contributed by atoms with Crippen LogP contribution >= 0.6 is 0 Å². The van der Waals surface area contributed by atoms with Crippen LogP contribution in [0.5, 0.6) is 0 Å². The Morgan fingerprint density at radius 2 is 2.13 bits per heavy atom. The SMILES string of the molecule is CC1=CC2C3CCCC2(O)C(C)(C)C1C3. The lowest BCUT2D eigenvalue weighted by Gasteiger charge is -2.63.